The van der Waals surface area contributed by atoms with Crippen molar-refractivity contribution >= 4 is 17.6 Å². The molecule has 4 nitrogen and oxygen atoms in total. The Balaban J connectivity index is 2.42. The minimum absolute atomic E-state index is 0.0954. The molecule has 0 aliphatic rings. The summed E-state index contributed by atoms with van der Waals surface area (Å²) in [5.41, 5.74) is -4.44. The largest absolute Gasteiger partial charge is 0.478 e. The molecule has 2 aromatic carbocycles. The van der Waals surface area contributed by atoms with E-state index in [1.54, 1.807) is 0 Å². The number of halogens is 6. The summed E-state index contributed by atoms with van der Waals surface area (Å²) in [6.45, 7) is 0. The number of aromatic carboxylic acids is 1. The highest BCUT2D eigenvalue weighted by molar-refractivity contribution is 6.05. The van der Waals surface area contributed by atoms with Crippen LogP contribution in [0.1, 0.15) is 31.8 Å². The molecule has 0 spiro atoms. The first-order chi connectivity index (χ1) is 11.9. The summed E-state index contributed by atoms with van der Waals surface area (Å²) < 4.78 is 76.8. The molecule has 0 unspecified atom stereocenters. The van der Waals surface area contributed by atoms with Crippen LogP contribution in [0.5, 0.6) is 0 Å². The van der Waals surface area contributed by atoms with Gasteiger partial charge in [0.1, 0.15) is 0 Å². The zero-order chi connectivity index (χ0) is 19.7. The fourth-order valence-corrected chi connectivity index (χ4v) is 2.02. The molecule has 0 atom stereocenters. The Morgan fingerprint density at radius 2 is 1.35 bits per heavy atom. The molecule has 10 heteroatoms. The number of carboxylic acids is 1. The summed E-state index contributed by atoms with van der Waals surface area (Å²) in [7, 11) is 0. The molecule has 1 amide bonds. The Morgan fingerprint density at radius 1 is 0.808 bits per heavy atom. The SMILES string of the molecule is O=C(O)c1cccc(NC(=O)c2cc(C(F)(F)F)cc(C(F)(F)F)c2)c1. The van der Waals surface area contributed by atoms with Gasteiger partial charge in [-0.2, -0.15) is 26.3 Å². The van der Waals surface area contributed by atoms with Crippen LogP contribution < -0.4 is 5.32 Å². The van der Waals surface area contributed by atoms with Gasteiger partial charge in [0.25, 0.3) is 5.91 Å². The number of nitrogens with one attached hydrogen (secondary N) is 1. The molecule has 0 saturated heterocycles. The van der Waals surface area contributed by atoms with E-state index in [9.17, 15) is 35.9 Å². The lowest BCUT2D eigenvalue weighted by Crippen LogP contribution is -2.17. The van der Waals surface area contributed by atoms with Crippen molar-refractivity contribution in [3.05, 3.63) is 64.7 Å². The van der Waals surface area contributed by atoms with Crippen molar-refractivity contribution in [3.8, 4) is 0 Å². The fourth-order valence-electron chi connectivity index (χ4n) is 2.02. The quantitative estimate of drug-likeness (QED) is 0.764. The Kier molecular flexibility index (Phi) is 4.97. The van der Waals surface area contributed by atoms with Gasteiger partial charge >= 0.3 is 18.3 Å². The van der Waals surface area contributed by atoms with E-state index in [4.69, 9.17) is 5.11 Å². The molecule has 0 radical (unpaired) electrons. The highest BCUT2D eigenvalue weighted by atomic mass is 19.4. The van der Waals surface area contributed by atoms with Crippen molar-refractivity contribution in [2.24, 2.45) is 0 Å². The third kappa shape index (κ3) is 4.52. The summed E-state index contributed by atoms with van der Waals surface area (Å²) in [6.07, 6.45) is -10.2. The zero-order valence-electron chi connectivity index (χ0n) is 12.6. The lowest BCUT2D eigenvalue weighted by Gasteiger charge is -2.14. The number of hydrogen-bond donors (Lipinski definition) is 2. The highest BCUT2D eigenvalue weighted by Crippen LogP contribution is 2.36. The van der Waals surface area contributed by atoms with E-state index < -0.39 is 40.9 Å². The monoisotopic (exact) mass is 377 g/mol. The van der Waals surface area contributed by atoms with Gasteiger partial charge in [-0.25, -0.2) is 4.79 Å². The Hall–Kier alpha value is -3.04. The Bertz CT molecular complexity index is 826. The number of benzene rings is 2. The molecule has 0 aliphatic heterocycles. The van der Waals surface area contributed by atoms with Gasteiger partial charge in [0.2, 0.25) is 0 Å². The molecule has 0 saturated carbocycles. The topological polar surface area (TPSA) is 66.4 Å². The summed E-state index contributed by atoms with van der Waals surface area (Å²) >= 11 is 0. The number of rotatable bonds is 3. The van der Waals surface area contributed by atoms with E-state index in [0.717, 1.165) is 6.07 Å². The average Bonchev–Trinajstić information content (AvgIpc) is 2.53. The van der Waals surface area contributed by atoms with E-state index in [1.165, 1.54) is 18.2 Å². The van der Waals surface area contributed by atoms with E-state index in [-0.39, 0.29) is 29.4 Å². The predicted octanol–water partition coefficient (Wildman–Crippen LogP) is 4.67. The van der Waals surface area contributed by atoms with E-state index in [1.807, 2.05) is 0 Å². The average molecular weight is 377 g/mol. The summed E-state index contributed by atoms with van der Waals surface area (Å²) in [4.78, 5) is 22.9. The first kappa shape index (κ1) is 19.3. The molecule has 138 valence electrons. The van der Waals surface area contributed by atoms with Crippen molar-refractivity contribution in [3.63, 3.8) is 0 Å². The molecular weight excluding hydrogens is 368 g/mol. The summed E-state index contributed by atoms with van der Waals surface area (Å²) in [6, 6.07) is 5.18. The van der Waals surface area contributed by atoms with Crippen LogP contribution in [0.25, 0.3) is 0 Å². The van der Waals surface area contributed by atoms with Crippen LogP contribution in [0.3, 0.4) is 0 Å². The molecule has 0 aromatic heterocycles. The fraction of sp³-hybridized carbons (Fsp3) is 0.125. The van der Waals surface area contributed by atoms with Crippen LogP contribution in [0.15, 0.2) is 42.5 Å². The van der Waals surface area contributed by atoms with Crippen molar-refractivity contribution in [2.45, 2.75) is 12.4 Å². The molecule has 0 fully saturated rings. The van der Waals surface area contributed by atoms with Crippen LogP contribution in [0, 0.1) is 0 Å². The van der Waals surface area contributed by atoms with Crippen LogP contribution >= 0.6 is 0 Å². The smallest absolute Gasteiger partial charge is 0.416 e. The molecule has 0 heterocycles. The van der Waals surface area contributed by atoms with Crippen molar-refractivity contribution in [1.82, 2.24) is 0 Å². The minimum atomic E-state index is -5.08. The summed E-state index contributed by atoms with van der Waals surface area (Å²) in [5, 5.41) is 10.9. The van der Waals surface area contributed by atoms with Crippen molar-refractivity contribution in [1.29, 1.82) is 0 Å². The molecule has 2 aromatic rings. The van der Waals surface area contributed by atoms with E-state index >= 15 is 0 Å². The number of alkyl halides is 6. The molecule has 0 bridgehead atoms. The lowest BCUT2D eigenvalue weighted by molar-refractivity contribution is -0.143. The van der Waals surface area contributed by atoms with Gasteiger partial charge in [-0.15, -0.1) is 0 Å². The maximum Gasteiger partial charge on any atom is 0.416 e. The number of carbonyl (C=O) groups excluding carboxylic acids is 1. The van der Waals surface area contributed by atoms with Gasteiger partial charge in [-0.1, -0.05) is 6.07 Å². The number of hydrogen-bond acceptors (Lipinski definition) is 2. The minimum Gasteiger partial charge on any atom is -0.478 e. The number of amides is 1. The number of carboxylic acid groups (broad SMARTS) is 1. The maximum atomic E-state index is 12.8. The number of anilines is 1. The molecule has 26 heavy (non-hydrogen) atoms. The lowest BCUT2D eigenvalue weighted by atomic mass is 10.0. The Morgan fingerprint density at radius 3 is 1.81 bits per heavy atom. The van der Waals surface area contributed by atoms with Gasteiger partial charge < -0.3 is 10.4 Å². The third-order valence-electron chi connectivity index (χ3n) is 3.22. The second-order valence-corrected chi connectivity index (χ2v) is 5.13. The van der Waals surface area contributed by atoms with Gasteiger partial charge in [-0.3, -0.25) is 4.79 Å². The van der Waals surface area contributed by atoms with Crippen LogP contribution in [-0.4, -0.2) is 17.0 Å². The van der Waals surface area contributed by atoms with Crippen LogP contribution in [-0.2, 0) is 12.4 Å². The standard InChI is InChI=1S/C16H9F6NO3/c17-15(18,19)10-4-9(5-11(7-10)16(20,21)22)13(24)23-12-3-1-2-8(6-12)14(25)26/h1-7H,(H,23,24)(H,25,26). The normalized spacial score (nSPS) is 11.9. The zero-order valence-corrected chi connectivity index (χ0v) is 12.6. The van der Waals surface area contributed by atoms with Crippen molar-refractivity contribution in [2.75, 3.05) is 5.32 Å². The second kappa shape index (κ2) is 6.70. The number of carbonyl (C=O) groups is 2. The predicted molar refractivity (Wildman–Crippen MR) is 77.8 cm³/mol. The highest BCUT2D eigenvalue weighted by Gasteiger charge is 2.37. The molecule has 2 N–H and O–H groups in total. The van der Waals surface area contributed by atoms with Gasteiger partial charge in [-0.05, 0) is 36.4 Å². The van der Waals surface area contributed by atoms with Gasteiger partial charge in [0.15, 0.2) is 0 Å². The third-order valence-corrected chi connectivity index (χ3v) is 3.22. The molecule has 0 aliphatic carbocycles. The first-order valence-electron chi connectivity index (χ1n) is 6.82. The van der Waals surface area contributed by atoms with E-state index in [0.29, 0.717) is 0 Å². The summed E-state index contributed by atoms with van der Waals surface area (Å²) in [5.74, 6) is -2.57. The van der Waals surface area contributed by atoms with Gasteiger partial charge in [0, 0.05) is 11.3 Å². The molecule has 2 rings (SSSR count). The van der Waals surface area contributed by atoms with E-state index in [2.05, 4.69) is 5.32 Å². The van der Waals surface area contributed by atoms with Crippen LogP contribution in [0.2, 0.25) is 0 Å². The van der Waals surface area contributed by atoms with Crippen molar-refractivity contribution < 1.29 is 41.0 Å². The first-order valence-corrected chi connectivity index (χ1v) is 6.82. The maximum absolute atomic E-state index is 12.8. The van der Waals surface area contributed by atoms with Gasteiger partial charge in [0.05, 0.1) is 16.7 Å². The second-order valence-electron chi connectivity index (χ2n) is 5.13. The Labute approximate surface area is 142 Å². The van der Waals surface area contributed by atoms with Crippen LogP contribution in [0.4, 0.5) is 32.0 Å². The molecular formula is C16H9F6NO3.